The van der Waals surface area contributed by atoms with Crippen LogP contribution in [-0.2, 0) is 6.54 Å². The molecule has 4 nitrogen and oxygen atoms in total. The molecule has 78 valence electrons. The number of rotatable bonds is 4. The number of aromatic nitrogens is 3. The summed E-state index contributed by atoms with van der Waals surface area (Å²) in [7, 11) is 0. The summed E-state index contributed by atoms with van der Waals surface area (Å²) in [6.45, 7) is 2.80. The fourth-order valence-corrected chi connectivity index (χ4v) is 1.87. The van der Waals surface area contributed by atoms with E-state index in [1.54, 1.807) is 17.5 Å². The van der Waals surface area contributed by atoms with E-state index in [0.29, 0.717) is 6.54 Å². The van der Waals surface area contributed by atoms with E-state index in [1.165, 1.54) is 0 Å². The summed E-state index contributed by atoms with van der Waals surface area (Å²) < 4.78 is 0. The Labute approximate surface area is 92.4 Å². The highest BCUT2D eigenvalue weighted by Crippen LogP contribution is 2.11. The van der Waals surface area contributed by atoms with Gasteiger partial charge in [-0.05, 0) is 19.1 Å². The number of nitrogens with one attached hydrogen (secondary N) is 1. The van der Waals surface area contributed by atoms with E-state index in [9.17, 15) is 0 Å². The lowest BCUT2D eigenvalue weighted by Gasteiger charge is -2.10. The molecule has 15 heavy (non-hydrogen) atoms. The molecule has 2 rings (SSSR count). The number of hydrogen-bond donors (Lipinski definition) is 1. The molecule has 1 atom stereocenters. The fraction of sp³-hybridized carbons (Fsp3) is 0.300. The highest BCUT2D eigenvalue weighted by Gasteiger charge is 2.06. The van der Waals surface area contributed by atoms with Gasteiger partial charge in [-0.3, -0.25) is 0 Å². The molecule has 2 aromatic rings. The van der Waals surface area contributed by atoms with E-state index >= 15 is 0 Å². The van der Waals surface area contributed by atoms with Crippen LogP contribution in [0.1, 0.15) is 24.4 Å². The molecule has 0 spiro atoms. The molecule has 1 unspecified atom stereocenters. The Morgan fingerprint density at radius 2 is 2.47 bits per heavy atom. The lowest BCUT2D eigenvalue weighted by atomic mass is 10.2. The molecule has 0 aliphatic carbocycles. The molecule has 1 N–H and O–H groups in total. The third kappa shape index (κ3) is 2.81. The van der Waals surface area contributed by atoms with E-state index in [2.05, 4.69) is 27.4 Å². The first-order valence-electron chi connectivity index (χ1n) is 4.74. The molecule has 0 radical (unpaired) electrons. The molecule has 5 heteroatoms. The van der Waals surface area contributed by atoms with Crippen molar-refractivity contribution in [1.82, 2.24) is 20.5 Å². The molecular formula is C10H12N4S. The van der Waals surface area contributed by atoms with Crippen molar-refractivity contribution in [2.45, 2.75) is 19.5 Å². The number of thiazole rings is 1. The molecule has 0 saturated heterocycles. The van der Waals surface area contributed by atoms with Crippen molar-refractivity contribution in [3.8, 4) is 0 Å². The normalized spacial score (nSPS) is 12.6. The minimum absolute atomic E-state index is 0.248. The van der Waals surface area contributed by atoms with Gasteiger partial charge >= 0.3 is 0 Å². The van der Waals surface area contributed by atoms with Crippen LogP contribution in [0.5, 0.6) is 0 Å². The summed E-state index contributed by atoms with van der Waals surface area (Å²) in [4.78, 5) is 4.25. The maximum atomic E-state index is 4.25. The van der Waals surface area contributed by atoms with Crippen molar-refractivity contribution >= 4 is 11.3 Å². The van der Waals surface area contributed by atoms with Crippen LogP contribution in [0, 0.1) is 0 Å². The predicted octanol–water partition coefficient (Wildman–Crippen LogP) is 1.78. The van der Waals surface area contributed by atoms with E-state index < -0.39 is 0 Å². The van der Waals surface area contributed by atoms with Gasteiger partial charge in [0.2, 0.25) is 0 Å². The predicted molar refractivity (Wildman–Crippen MR) is 59.4 cm³/mol. The van der Waals surface area contributed by atoms with Gasteiger partial charge in [0.1, 0.15) is 0 Å². The average molecular weight is 220 g/mol. The highest BCUT2D eigenvalue weighted by atomic mass is 32.1. The lowest BCUT2D eigenvalue weighted by molar-refractivity contribution is 0.554. The summed E-state index contributed by atoms with van der Waals surface area (Å²) in [5.41, 5.74) is 3.86. The summed E-state index contributed by atoms with van der Waals surface area (Å²) in [6.07, 6.45) is 1.67. The van der Waals surface area contributed by atoms with Crippen LogP contribution in [0.2, 0.25) is 0 Å². The lowest BCUT2D eigenvalue weighted by Crippen LogP contribution is -2.19. The van der Waals surface area contributed by atoms with Crippen LogP contribution >= 0.6 is 11.3 Å². The second kappa shape index (κ2) is 4.95. The third-order valence-electron chi connectivity index (χ3n) is 2.11. The van der Waals surface area contributed by atoms with Crippen LogP contribution in [0.4, 0.5) is 0 Å². The highest BCUT2D eigenvalue weighted by molar-refractivity contribution is 7.07. The van der Waals surface area contributed by atoms with Crippen LogP contribution in [-0.4, -0.2) is 15.2 Å². The van der Waals surface area contributed by atoms with Gasteiger partial charge in [-0.1, -0.05) is 0 Å². The van der Waals surface area contributed by atoms with Crippen molar-refractivity contribution in [2.24, 2.45) is 0 Å². The fourth-order valence-electron chi connectivity index (χ4n) is 1.23. The van der Waals surface area contributed by atoms with E-state index in [4.69, 9.17) is 0 Å². The molecule has 0 bridgehead atoms. The van der Waals surface area contributed by atoms with Crippen LogP contribution in [0.15, 0.2) is 29.2 Å². The third-order valence-corrected chi connectivity index (χ3v) is 2.72. The largest absolute Gasteiger partial charge is 0.303 e. The summed E-state index contributed by atoms with van der Waals surface area (Å²) in [5.74, 6) is 0. The summed E-state index contributed by atoms with van der Waals surface area (Å²) >= 11 is 1.61. The summed E-state index contributed by atoms with van der Waals surface area (Å²) in [6, 6.07) is 4.09. The van der Waals surface area contributed by atoms with Gasteiger partial charge in [0.15, 0.2) is 0 Å². The number of nitrogens with zero attached hydrogens (tertiary/aromatic N) is 3. The van der Waals surface area contributed by atoms with E-state index in [-0.39, 0.29) is 6.04 Å². The van der Waals surface area contributed by atoms with Crippen molar-refractivity contribution < 1.29 is 0 Å². The first-order chi connectivity index (χ1) is 7.36. The van der Waals surface area contributed by atoms with Crippen LogP contribution in [0.3, 0.4) is 0 Å². The van der Waals surface area contributed by atoms with Gasteiger partial charge < -0.3 is 5.32 Å². The quantitative estimate of drug-likeness (QED) is 0.853. The average Bonchev–Trinajstić information content (AvgIpc) is 2.81. The molecule has 0 amide bonds. The minimum atomic E-state index is 0.248. The molecule has 0 fully saturated rings. The van der Waals surface area contributed by atoms with Crippen molar-refractivity contribution in [3.05, 3.63) is 40.6 Å². The van der Waals surface area contributed by atoms with Crippen molar-refractivity contribution in [3.63, 3.8) is 0 Å². The van der Waals surface area contributed by atoms with Gasteiger partial charge in [-0.15, -0.1) is 11.3 Å². The zero-order chi connectivity index (χ0) is 10.5. The molecule has 2 aromatic heterocycles. The van der Waals surface area contributed by atoms with E-state index in [1.807, 2.05) is 23.0 Å². The maximum Gasteiger partial charge on any atom is 0.0795 e. The molecule has 0 saturated carbocycles. The Morgan fingerprint density at radius 3 is 3.13 bits per heavy atom. The summed E-state index contributed by atoms with van der Waals surface area (Å²) in [5, 5.41) is 13.2. The Bertz CT molecular complexity index is 387. The molecule has 0 aliphatic heterocycles. The van der Waals surface area contributed by atoms with Gasteiger partial charge in [0.25, 0.3) is 0 Å². The minimum Gasteiger partial charge on any atom is -0.303 e. The van der Waals surface area contributed by atoms with Gasteiger partial charge in [0, 0.05) is 24.2 Å². The monoisotopic (exact) mass is 220 g/mol. The van der Waals surface area contributed by atoms with E-state index in [0.717, 1.165) is 11.4 Å². The maximum absolute atomic E-state index is 4.25. The smallest absolute Gasteiger partial charge is 0.0795 e. The second-order valence-corrected chi connectivity index (χ2v) is 3.95. The zero-order valence-corrected chi connectivity index (χ0v) is 9.24. The Kier molecular flexibility index (Phi) is 3.37. The number of hydrogen-bond acceptors (Lipinski definition) is 5. The molecule has 0 aromatic carbocycles. The van der Waals surface area contributed by atoms with Crippen molar-refractivity contribution in [2.75, 3.05) is 0 Å². The van der Waals surface area contributed by atoms with Crippen LogP contribution in [0.25, 0.3) is 0 Å². The topological polar surface area (TPSA) is 50.7 Å². The first kappa shape index (κ1) is 10.2. The van der Waals surface area contributed by atoms with Gasteiger partial charge in [-0.25, -0.2) is 4.98 Å². The Balaban J connectivity index is 1.89. The SMILES string of the molecule is CC(NCc1cccnn1)c1cscn1. The molecule has 2 heterocycles. The molecular weight excluding hydrogens is 208 g/mol. The second-order valence-electron chi connectivity index (χ2n) is 3.23. The van der Waals surface area contributed by atoms with Crippen molar-refractivity contribution in [1.29, 1.82) is 0 Å². The van der Waals surface area contributed by atoms with Crippen LogP contribution < -0.4 is 5.32 Å². The standard InChI is InChI=1S/C10H12N4S/c1-8(10-6-15-7-12-10)11-5-9-3-2-4-13-14-9/h2-4,6-8,11H,5H2,1H3. The Hall–Kier alpha value is -1.33. The van der Waals surface area contributed by atoms with Gasteiger partial charge in [0.05, 0.1) is 16.9 Å². The molecule has 0 aliphatic rings. The Morgan fingerprint density at radius 1 is 1.53 bits per heavy atom. The first-order valence-corrected chi connectivity index (χ1v) is 5.68. The van der Waals surface area contributed by atoms with Gasteiger partial charge in [-0.2, -0.15) is 10.2 Å². The zero-order valence-electron chi connectivity index (χ0n) is 8.42.